The molecule has 0 bridgehead atoms. The van der Waals surface area contributed by atoms with E-state index in [2.05, 4.69) is 0 Å². The molecule has 2 N–H and O–H groups in total. The highest BCUT2D eigenvalue weighted by Gasteiger charge is 2.37. The fraction of sp³-hybridized carbons (Fsp3) is 0.333. The van der Waals surface area contributed by atoms with Gasteiger partial charge in [-0.15, -0.1) is 0 Å². The number of amides is 2. The average molecular weight is 288 g/mol. The van der Waals surface area contributed by atoms with Crippen LogP contribution < -0.4 is 10.2 Å². The predicted octanol–water partition coefficient (Wildman–Crippen LogP) is 1.95. The molecule has 2 rings (SSSR count). The highest BCUT2D eigenvalue weighted by Crippen LogP contribution is 2.36. The second-order valence-corrected chi connectivity index (χ2v) is 4.33. The molecule has 20 heavy (non-hydrogen) atoms. The van der Waals surface area contributed by atoms with Crippen molar-refractivity contribution < 1.29 is 27.9 Å². The van der Waals surface area contributed by atoms with E-state index in [0.29, 0.717) is 11.3 Å². The minimum absolute atomic E-state index is 0.182. The lowest BCUT2D eigenvalue weighted by molar-refractivity contribution is -0.138. The van der Waals surface area contributed by atoms with Crippen molar-refractivity contribution in [3.8, 4) is 0 Å². The molecule has 0 aliphatic carbocycles. The summed E-state index contributed by atoms with van der Waals surface area (Å²) in [4.78, 5) is 23.9. The number of carbonyl (C=O) groups is 2. The lowest BCUT2D eigenvalue weighted by Gasteiger charge is -2.18. The average Bonchev–Trinajstić information content (AvgIpc) is 2.75. The summed E-state index contributed by atoms with van der Waals surface area (Å²) in [6.45, 7) is -1.64. The lowest BCUT2D eigenvalue weighted by atomic mass is 10.0. The van der Waals surface area contributed by atoms with Gasteiger partial charge in [0.2, 0.25) is 0 Å². The Kier molecular flexibility index (Phi) is 3.56. The maximum absolute atomic E-state index is 12.1. The Morgan fingerprint density at radius 3 is 2.60 bits per heavy atom. The number of para-hydroxylation sites is 1. The summed E-state index contributed by atoms with van der Waals surface area (Å²) in [5, 5.41) is 10.8. The zero-order chi connectivity index (χ0) is 14.9. The number of halogens is 3. The van der Waals surface area contributed by atoms with Crippen LogP contribution in [-0.4, -0.2) is 36.4 Å². The fourth-order valence-corrected chi connectivity index (χ4v) is 2.08. The molecule has 0 saturated carbocycles. The molecule has 1 aliphatic heterocycles. The van der Waals surface area contributed by atoms with E-state index in [-0.39, 0.29) is 6.54 Å². The van der Waals surface area contributed by atoms with E-state index in [4.69, 9.17) is 5.11 Å². The molecular formula is C12H11F3N2O3. The molecule has 0 aromatic heterocycles. The number of hydrogen-bond acceptors (Lipinski definition) is 2. The van der Waals surface area contributed by atoms with Crippen LogP contribution in [0.1, 0.15) is 11.5 Å². The first-order valence-electron chi connectivity index (χ1n) is 5.73. The zero-order valence-electron chi connectivity index (χ0n) is 10.1. The van der Waals surface area contributed by atoms with Crippen LogP contribution in [0.2, 0.25) is 0 Å². The number of carbonyl (C=O) groups excluding carboxylic acids is 1. The van der Waals surface area contributed by atoms with Gasteiger partial charge in [-0.25, -0.2) is 4.79 Å². The van der Waals surface area contributed by atoms with Crippen LogP contribution in [0.3, 0.4) is 0 Å². The van der Waals surface area contributed by atoms with E-state index in [0.717, 1.165) is 4.90 Å². The second kappa shape index (κ2) is 5.03. The number of anilines is 1. The summed E-state index contributed by atoms with van der Waals surface area (Å²) in [6, 6.07) is 5.30. The van der Waals surface area contributed by atoms with Crippen LogP contribution in [0.25, 0.3) is 0 Å². The maximum atomic E-state index is 12.1. The van der Waals surface area contributed by atoms with Gasteiger partial charge in [0.05, 0.1) is 0 Å². The molecule has 108 valence electrons. The van der Waals surface area contributed by atoms with Crippen molar-refractivity contribution in [2.45, 2.75) is 12.1 Å². The summed E-state index contributed by atoms with van der Waals surface area (Å²) < 4.78 is 36.2. The van der Waals surface area contributed by atoms with Gasteiger partial charge >= 0.3 is 18.2 Å². The van der Waals surface area contributed by atoms with Crippen LogP contribution in [-0.2, 0) is 4.79 Å². The third kappa shape index (κ3) is 2.84. The van der Waals surface area contributed by atoms with Gasteiger partial charge in [-0.2, -0.15) is 13.2 Å². The zero-order valence-corrected chi connectivity index (χ0v) is 10.1. The largest absolute Gasteiger partial charge is 0.481 e. The second-order valence-electron chi connectivity index (χ2n) is 4.33. The first-order chi connectivity index (χ1) is 9.29. The first kappa shape index (κ1) is 14.2. The molecule has 1 aliphatic rings. The normalized spacial score (nSPS) is 17.8. The van der Waals surface area contributed by atoms with Crippen molar-refractivity contribution >= 4 is 17.7 Å². The fourth-order valence-electron chi connectivity index (χ4n) is 2.08. The number of nitrogens with one attached hydrogen (secondary N) is 1. The molecule has 1 aromatic rings. The maximum Gasteiger partial charge on any atom is 0.405 e. The van der Waals surface area contributed by atoms with Crippen LogP contribution in [0.5, 0.6) is 0 Å². The van der Waals surface area contributed by atoms with Gasteiger partial charge in [0, 0.05) is 12.2 Å². The molecule has 1 aromatic carbocycles. The molecule has 8 heteroatoms. The van der Waals surface area contributed by atoms with Crippen LogP contribution in [0, 0.1) is 0 Å². The highest BCUT2D eigenvalue weighted by molar-refractivity contribution is 5.98. The van der Waals surface area contributed by atoms with Crippen LogP contribution in [0.4, 0.5) is 23.7 Å². The Balaban J connectivity index is 2.18. The molecule has 0 radical (unpaired) electrons. The summed E-state index contributed by atoms with van der Waals surface area (Å²) in [5.41, 5.74) is 0.738. The first-order valence-corrected chi connectivity index (χ1v) is 5.73. The third-order valence-electron chi connectivity index (χ3n) is 2.95. The molecule has 5 nitrogen and oxygen atoms in total. The van der Waals surface area contributed by atoms with E-state index < -0.39 is 30.6 Å². The van der Waals surface area contributed by atoms with Gasteiger partial charge in [-0.05, 0) is 11.6 Å². The van der Waals surface area contributed by atoms with Crippen molar-refractivity contribution in [1.82, 2.24) is 5.32 Å². The number of carboxylic acids is 1. The standard InChI is InChI=1S/C12H11F3N2O3/c13-12(14,15)6-16-11(20)17-5-8(10(18)19)7-3-1-2-4-9(7)17/h1-4,8H,5-6H2,(H,16,20)(H,18,19). The van der Waals surface area contributed by atoms with Crippen molar-refractivity contribution in [3.05, 3.63) is 29.8 Å². The minimum Gasteiger partial charge on any atom is -0.481 e. The summed E-state index contributed by atoms with van der Waals surface area (Å²) >= 11 is 0. The van der Waals surface area contributed by atoms with Crippen LogP contribution in [0.15, 0.2) is 24.3 Å². The monoisotopic (exact) mass is 288 g/mol. The molecule has 0 saturated heterocycles. The number of alkyl halides is 3. The number of aliphatic carboxylic acids is 1. The Hall–Kier alpha value is -2.25. The Morgan fingerprint density at radius 1 is 1.35 bits per heavy atom. The smallest absolute Gasteiger partial charge is 0.405 e. The molecular weight excluding hydrogens is 277 g/mol. The van der Waals surface area contributed by atoms with E-state index in [1.807, 2.05) is 0 Å². The topological polar surface area (TPSA) is 69.6 Å². The lowest BCUT2D eigenvalue weighted by Crippen LogP contribution is -2.43. The number of hydrogen-bond donors (Lipinski definition) is 2. The van der Waals surface area contributed by atoms with E-state index >= 15 is 0 Å². The summed E-state index contributed by atoms with van der Waals surface area (Å²) in [7, 11) is 0. The third-order valence-corrected chi connectivity index (χ3v) is 2.95. The number of fused-ring (bicyclic) bond motifs is 1. The number of carboxylic acid groups (broad SMARTS) is 1. The van der Waals surface area contributed by atoms with Crippen molar-refractivity contribution in [2.75, 3.05) is 18.0 Å². The Labute approximate surface area is 112 Å². The Bertz CT molecular complexity index is 545. The quantitative estimate of drug-likeness (QED) is 0.874. The molecule has 0 fully saturated rings. The van der Waals surface area contributed by atoms with Gasteiger partial charge in [-0.3, -0.25) is 9.69 Å². The summed E-state index contributed by atoms with van der Waals surface area (Å²) in [6.07, 6.45) is -4.51. The number of urea groups is 1. The van der Waals surface area contributed by atoms with Crippen LogP contribution >= 0.6 is 0 Å². The number of benzene rings is 1. The SMILES string of the molecule is O=C(O)C1CN(C(=O)NCC(F)(F)F)c2ccccc21. The molecule has 1 heterocycles. The van der Waals surface area contributed by atoms with E-state index in [9.17, 15) is 22.8 Å². The summed E-state index contributed by atoms with van der Waals surface area (Å²) in [5.74, 6) is -2.05. The predicted molar refractivity (Wildman–Crippen MR) is 63.6 cm³/mol. The molecule has 0 spiro atoms. The molecule has 2 amide bonds. The van der Waals surface area contributed by atoms with Gasteiger partial charge < -0.3 is 10.4 Å². The van der Waals surface area contributed by atoms with Gasteiger partial charge in [0.15, 0.2) is 0 Å². The number of rotatable bonds is 2. The van der Waals surface area contributed by atoms with Crippen molar-refractivity contribution in [2.24, 2.45) is 0 Å². The van der Waals surface area contributed by atoms with Gasteiger partial charge in [-0.1, -0.05) is 18.2 Å². The molecule has 1 atom stereocenters. The van der Waals surface area contributed by atoms with Crippen molar-refractivity contribution in [1.29, 1.82) is 0 Å². The van der Waals surface area contributed by atoms with Crippen molar-refractivity contribution in [3.63, 3.8) is 0 Å². The minimum atomic E-state index is -4.51. The number of nitrogens with zero attached hydrogens (tertiary/aromatic N) is 1. The van der Waals surface area contributed by atoms with Gasteiger partial charge in [0.1, 0.15) is 12.5 Å². The highest BCUT2D eigenvalue weighted by atomic mass is 19.4. The van der Waals surface area contributed by atoms with E-state index in [1.54, 1.807) is 23.5 Å². The van der Waals surface area contributed by atoms with Gasteiger partial charge in [0.25, 0.3) is 0 Å². The molecule has 1 unspecified atom stereocenters. The van der Waals surface area contributed by atoms with E-state index in [1.165, 1.54) is 6.07 Å². The Morgan fingerprint density at radius 2 is 2.00 bits per heavy atom.